The topological polar surface area (TPSA) is 63.9 Å². The molecule has 0 bridgehead atoms. The molecule has 1 saturated carbocycles. The van der Waals surface area contributed by atoms with Crippen molar-refractivity contribution in [1.82, 2.24) is 24.6 Å². The Morgan fingerprint density at radius 1 is 1.07 bits per heavy atom. The van der Waals surface area contributed by atoms with Crippen LogP contribution >= 0.6 is 11.3 Å². The molecule has 2 aliphatic rings. The minimum absolute atomic E-state index is 0.0398. The van der Waals surface area contributed by atoms with E-state index in [0.717, 1.165) is 30.9 Å². The second kappa shape index (κ2) is 8.16. The Morgan fingerprint density at radius 2 is 1.86 bits per heavy atom. The number of likely N-dealkylation sites (tertiary alicyclic amines) is 1. The molecule has 0 atom stereocenters. The van der Waals surface area contributed by atoms with E-state index in [0.29, 0.717) is 18.4 Å². The van der Waals surface area contributed by atoms with Gasteiger partial charge >= 0.3 is 0 Å². The summed E-state index contributed by atoms with van der Waals surface area (Å²) in [4.78, 5) is 23.6. The Balaban J connectivity index is 1.17. The lowest BCUT2D eigenvalue weighted by Gasteiger charge is -2.38. The quantitative estimate of drug-likeness (QED) is 0.625. The first-order valence-corrected chi connectivity index (χ1v) is 11.3. The highest BCUT2D eigenvalue weighted by atomic mass is 32.1. The zero-order valence-electron chi connectivity index (χ0n) is 16.4. The highest BCUT2D eigenvalue weighted by Gasteiger charge is 2.28. The summed E-state index contributed by atoms with van der Waals surface area (Å²) in [6.45, 7) is 3.56. The molecule has 0 amide bonds. The van der Waals surface area contributed by atoms with Gasteiger partial charge in [-0.3, -0.25) is 14.7 Å². The van der Waals surface area contributed by atoms with Gasteiger partial charge in [-0.1, -0.05) is 12.8 Å². The Labute approximate surface area is 174 Å². The number of rotatable bonds is 6. The molecule has 0 spiro atoms. The van der Waals surface area contributed by atoms with Crippen molar-refractivity contribution in [2.75, 3.05) is 13.1 Å². The number of hydrogen-bond acceptors (Lipinski definition) is 6. The van der Waals surface area contributed by atoms with Crippen LogP contribution < -0.4 is 5.56 Å². The minimum Gasteiger partial charge on any atom is -0.297 e. The first-order valence-electron chi connectivity index (χ1n) is 10.4. The minimum atomic E-state index is -0.0398. The van der Waals surface area contributed by atoms with E-state index in [1.54, 1.807) is 29.2 Å². The average Bonchev–Trinajstić information content (AvgIpc) is 3.40. The van der Waals surface area contributed by atoms with Crippen LogP contribution in [0.3, 0.4) is 0 Å². The third-order valence-corrected chi connectivity index (χ3v) is 7.02. The molecule has 0 N–H and O–H groups in total. The predicted octanol–water partition coefficient (Wildman–Crippen LogP) is 3.55. The van der Waals surface area contributed by atoms with Gasteiger partial charge in [0.1, 0.15) is 0 Å². The number of nitrogens with zero attached hydrogens (tertiary/aromatic N) is 5. The number of aromatic nitrogens is 4. The van der Waals surface area contributed by atoms with Gasteiger partial charge in [-0.15, -0.1) is 11.3 Å². The lowest BCUT2D eigenvalue weighted by Crippen LogP contribution is -2.48. The van der Waals surface area contributed by atoms with Crippen LogP contribution in [0.1, 0.15) is 42.3 Å². The summed E-state index contributed by atoms with van der Waals surface area (Å²) in [7, 11) is 0. The summed E-state index contributed by atoms with van der Waals surface area (Å²) < 4.78 is 1.61. The first kappa shape index (κ1) is 18.6. The predicted molar refractivity (Wildman–Crippen MR) is 114 cm³/mol. The average molecular weight is 408 g/mol. The maximum absolute atomic E-state index is 12.2. The van der Waals surface area contributed by atoms with Gasteiger partial charge in [-0.25, -0.2) is 9.67 Å². The molecule has 5 rings (SSSR count). The Kier molecular flexibility index (Phi) is 5.24. The second-order valence-electron chi connectivity index (χ2n) is 8.19. The lowest BCUT2D eigenvalue weighted by molar-refractivity contribution is 0.0756. The molecule has 3 aromatic heterocycles. The van der Waals surface area contributed by atoms with Crippen molar-refractivity contribution in [3.8, 4) is 11.3 Å². The van der Waals surface area contributed by atoms with Crippen molar-refractivity contribution >= 4 is 11.3 Å². The maximum atomic E-state index is 12.2. The van der Waals surface area contributed by atoms with Crippen molar-refractivity contribution in [2.24, 2.45) is 5.92 Å². The molecule has 0 unspecified atom stereocenters. The van der Waals surface area contributed by atoms with Crippen LogP contribution in [-0.4, -0.2) is 37.7 Å². The van der Waals surface area contributed by atoms with Crippen LogP contribution in [0.2, 0.25) is 0 Å². The van der Waals surface area contributed by atoms with E-state index in [1.165, 1.54) is 36.4 Å². The molecular weight excluding hydrogens is 382 g/mol. The summed E-state index contributed by atoms with van der Waals surface area (Å²) in [5.41, 5.74) is 2.95. The van der Waals surface area contributed by atoms with Gasteiger partial charge in [-0.2, -0.15) is 5.10 Å². The van der Waals surface area contributed by atoms with Gasteiger partial charge < -0.3 is 0 Å². The van der Waals surface area contributed by atoms with E-state index in [4.69, 9.17) is 4.98 Å². The van der Waals surface area contributed by atoms with Crippen LogP contribution in [-0.2, 0) is 13.1 Å². The third-order valence-electron chi connectivity index (χ3n) is 5.97. The molecule has 2 fully saturated rings. The molecule has 4 heterocycles. The fraction of sp³-hybridized carbons (Fsp3) is 0.455. The Morgan fingerprint density at radius 3 is 2.66 bits per heavy atom. The zero-order chi connectivity index (χ0) is 19.6. The molecule has 1 aliphatic heterocycles. The van der Waals surface area contributed by atoms with E-state index >= 15 is 0 Å². The van der Waals surface area contributed by atoms with Crippen LogP contribution in [0, 0.1) is 5.92 Å². The molecule has 0 aromatic carbocycles. The van der Waals surface area contributed by atoms with Crippen LogP contribution in [0.15, 0.2) is 46.8 Å². The van der Waals surface area contributed by atoms with Crippen molar-refractivity contribution < 1.29 is 0 Å². The van der Waals surface area contributed by atoms with Crippen molar-refractivity contribution in [1.29, 1.82) is 0 Å². The van der Waals surface area contributed by atoms with Gasteiger partial charge in [0, 0.05) is 60.9 Å². The highest BCUT2D eigenvalue weighted by Crippen LogP contribution is 2.35. The molecule has 3 aromatic rings. The number of hydrogen-bond donors (Lipinski definition) is 0. The molecule has 1 saturated heterocycles. The first-order chi connectivity index (χ1) is 14.2. The van der Waals surface area contributed by atoms with Gasteiger partial charge in [0.25, 0.3) is 5.56 Å². The Bertz CT molecular complexity index is 1020. The van der Waals surface area contributed by atoms with Gasteiger partial charge in [0.05, 0.1) is 22.9 Å². The van der Waals surface area contributed by atoms with E-state index in [-0.39, 0.29) is 5.56 Å². The van der Waals surface area contributed by atoms with E-state index in [9.17, 15) is 4.79 Å². The second-order valence-corrected chi connectivity index (χ2v) is 9.08. The molecule has 150 valence electrons. The van der Waals surface area contributed by atoms with Crippen LogP contribution in [0.5, 0.6) is 0 Å². The molecule has 29 heavy (non-hydrogen) atoms. The van der Waals surface area contributed by atoms with Gasteiger partial charge in [0.15, 0.2) is 0 Å². The summed E-state index contributed by atoms with van der Waals surface area (Å²) in [5.74, 6) is 1.16. The smallest absolute Gasteiger partial charge is 0.266 e. The largest absolute Gasteiger partial charge is 0.297 e. The monoisotopic (exact) mass is 407 g/mol. The Hall–Kier alpha value is -2.38. The van der Waals surface area contributed by atoms with Crippen LogP contribution in [0.25, 0.3) is 11.3 Å². The summed E-state index contributed by atoms with van der Waals surface area (Å²) in [5, 5.41) is 8.13. The van der Waals surface area contributed by atoms with Crippen molar-refractivity contribution in [2.45, 2.75) is 44.7 Å². The summed E-state index contributed by atoms with van der Waals surface area (Å²) >= 11 is 1.83. The van der Waals surface area contributed by atoms with Gasteiger partial charge in [-0.05, 0) is 31.0 Å². The normalized spacial score (nSPS) is 18.2. The van der Waals surface area contributed by atoms with E-state index < -0.39 is 0 Å². The lowest BCUT2D eigenvalue weighted by atomic mass is 10.00. The number of pyridine rings is 1. The summed E-state index contributed by atoms with van der Waals surface area (Å²) in [6, 6.07) is 7.22. The van der Waals surface area contributed by atoms with Crippen LogP contribution in [0.4, 0.5) is 0 Å². The third kappa shape index (κ3) is 4.16. The van der Waals surface area contributed by atoms with E-state index in [2.05, 4.69) is 20.4 Å². The SMILES string of the molecule is O=c1ccc(-c2ccncc2)nn1CC1CN(Cc2csc(C3CCCC3)n2)C1. The fourth-order valence-electron chi connectivity index (χ4n) is 4.41. The molecule has 1 aliphatic carbocycles. The molecule has 6 nitrogen and oxygen atoms in total. The zero-order valence-corrected chi connectivity index (χ0v) is 17.2. The number of thiazole rings is 1. The fourth-order valence-corrected chi connectivity index (χ4v) is 5.39. The van der Waals surface area contributed by atoms with E-state index in [1.807, 2.05) is 23.5 Å². The summed E-state index contributed by atoms with van der Waals surface area (Å²) in [6.07, 6.45) is 8.80. The standard InChI is InChI=1S/C22H25N5OS/c28-21-6-5-20(17-7-9-23-10-8-17)25-27(21)13-16-11-26(12-16)14-19-15-29-22(24-19)18-3-1-2-4-18/h5-10,15-16,18H,1-4,11-14H2. The van der Waals surface area contributed by atoms with Gasteiger partial charge in [0.2, 0.25) is 0 Å². The maximum Gasteiger partial charge on any atom is 0.266 e. The highest BCUT2D eigenvalue weighted by molar-refractivity contribution is 7.09. The molecule has 0 radical (unpaired) electrons. The molecular formula is C22H25N5OS. The van der Waals surface area contributed by atoms with Crippen molar-refractivity contribution in [3.05, 3.63) is 63.1 Å². The molecule has 7 heteroatoms. The van der Waals surface area contributed by atoms with Crippen molar-refractivity contribution in [3.63, 3.8) is 0 Å².